The van der Waals surface area contributed by atoms with Crippen LogP contribution in [0.5, 0.6) is 0 Å². The zero-order valence-electron chi connectivity index (χ0n) is 19.7. The molecule has 3 aromatic rings. The van der Waals surface area contributed by atoms with Gasteiger partial charge in [0.05, 0.1) is 5.39 Å². The Kier molecular flexibility index (Phi) is 10.7. The molecule has 0 atom stereocenters. The number of rotatable bonds is 14. The standard InChI is InChI=1S/C27H34N2O3S/c1-3-4-7-19-28(2)25-16-13-23(14-17-25)12-15-24-18-21-29(20-8-9-22-33-32-31-30)27-11-6-5-10-26(24)27/h5-6,10-18,21H,3-4,7-9,19-20,22H2,1-2H3/p+1. The van der Waals surface area contributed by atoms with Crippen molar-refractivity contribution in [2.24, 2.45) is 0 Å². The number of anilines is 1. The lowest BCUT2D eigenvalue weighted by molar-refractivity contribution is -0.671. The van der Waals surface area contributed by atoms with Crippen molar-refractivity contribution in [2.75, 3.05) is 24.2 Å². The second kappa shape index (κ2) is 14.0. The van der Waals surface area contributed by atoms with Crippen LogP contribution in [0.15, 0.2) is 60.8 Å². The molecule has 5 nitrogen and oxygen atoms in total. The van der Waals surface area contributed by atoms with Gasteiger partial charge in [-0.25, -0.2) is 5.26 Å². The van der Waals surface area contributed by atoms with E-state index in [1.54, 1.807) is 0 Å². The maximum absolute atomic E-state index is 8.18. The Morgan fingerprint density at radius 3 is 2.58 bits per heavy atom. The molecule has 2 aromatic carbocycles. The Bertz CT molecular complexity index is 1010. The summed E-state index contributed by atoms with van der Waals surface area (Å²) in [5.41, 5.74) is 4.91. The molecular formula is C27H35N2O3S+. The molecule has 6 heteroatoms. The smallest absolute Gasteiger partial charge is 0.213 e. The average molecular weight is 468 g/mol. The fourth-order valence-corrected chi connectivity index (χ4v) is 4.33. The SMILES string of the molecule is CCCCCN(C)c1ccc(C=Cc2cc[n+](CCCCSOOO)c3ccccc23)cc1. The first kappa shape index (κ1) is 25.2. The van der Waals surface area contributed by atoms with Crippen molar-refractivity contribution >= 4 is 40.8 Å². The average Bonchev–Trinajstić information content (AvgIpc) is 2.85. The van der Waals surface area contributed by atoms with Crippen LogP contribution in [0.2, 0.25) is 0 Å². The first-order valence-corrected chi connectivity index (χ1v) is 12.6. The molecule has 1 aromatic heterocycles. The molecule has 0 saturated heterocycles. The minimum atomic E-state index is 0.771. The molecule has 1 N–H and O–H groups in total. The first-order chi connectivity index (χ1) is 16.2. The number of benzene rings is 2. The lowest BCUT2D eigenvalue weighted by Crippen LogP contribution is -2.34. The molecule has 3 rings (SSSR count). The number of hydrogen-bond donors (Lipinski definition) is 1. The van der Waals surface area contributed by atoms with Crippen molar-refractivity contribution in [2.45, 2.75) is 45.6 Å². The molecule has 0 bridgehead atoms. The van der Waals surface area contributed by atoms with Crippen LogP contribution in [0.25, 0.3) is 23.1 Å². The van der Waals surface area contributed by atoms with Crippen LogP contribution in [-0.2, 0) is 15.9 Å². The quantitative estimate of drug-likeness (QED) is 0.0931. The molecule has 0 fully saturated rings. The number of para-hydroxylation sites is 1. The largest absolute Gasteiger partial charge is 0.375 e. The molecule has 33 heavy (non-hydrogen) atoms. The predicted octanol–water partition coefficient (Wildman–Crippen LogP) is 6.77. The Labute approximate surface area is 201 Å². The van der Waals surface area contributed by atoms with Gasteiger partial charge in [0.2, 0.25) is 5.52 Å². The van der Waals surface area contributed by atoms with Crippen LogP contribution in [0.4, 0.5) is 5.69 Å². The lowest BCUT2D eigenvalue weighted by atomic mass is 10.1. The lowest BCUT2D eigenvalue weighted by Gasteiger charge is -2.19. The molecular weight excluding hydrogens is 432 g/mol. The zero-order chi connectivity index (χ0) is 23.3. The second-order valence-electron chi connectivity index (χ2n) is 8.21. The van der Waals surface area contributed by atoms with E-state index >= 15 is 0 Å². The normalized spacial score (nSPS) is 11.5. The Morgan fingerprint density at radius 1 is 0.970 bits per heavy atom. The third-order valence-electron chi connectivity index (χ3n) is 5.80. The van der Waals surface area contributed by atoms with E-state index in [0.717, 1.165) is 43.7 Å². The van der Waals surface area contributed by atoms with Gasteiger partial charge < -0.3 is 4.90 Å². The molecule has 0 amide bonds. The van der Waals surface area contributed by atoms with Gasteiger partial charge in [-0.3, -0.25) is 0 Å². The molecule has 0 aliphatic heterocycles. The highest BCUT2D eigenvalue weighted by Crippen LogP contribution is 2.20. The van der Waals surface area contributed by atoms with Crippen LogP contribution < -0.4 is 9.47 Å². The molecule has 176 valence electrons. The number of fused-ring (bicyclic) bond motifs is 1. The van der Waals surface area contributed by atoms with Gasteiger partial charge in [-0.1, -0.05) is 61.2 Å². The van der Waals surface area contributed by atoms with Gasteiger partial charge >= 0.3 is 0 Å². The highest BCUT2D eigenvalue weighted by atomic mass is 32.2. The topological polar surface area (TPSA) is 45.8 Å². The number of pyridine rings is 1. The highest BCUT2D eigenvalue weighted by molar-refractivity contribution is 7.94. The molecule has 1 heterocycles. The van der Waals surface area contributed by atoms with E-state index in [-0.39, 0.29) is 0 Å². The maximum atomic E-state index is 8.18. The predicted molar refractivity (Wildman–Crippen MR) is 139 cm³/mol. The zero-order valence-corrected chi connectivity index (χ0v) is 20.5. The molecule has 0 aliphatic carbocycles. The van der Waals surface area contributed by atoms with E-state index in [4.69, 9.17) is 5.26 Å². The first-order valence-electron chi connectivity index (χ1n) is 11.7. The fraction of sp³-hybridized carbons (Fsp3) is 0.370. The summed E-state index contributed by atoms with van der Waals surface area (Å²) in [7, 11) is 2.17. The van der Waals surface area contributed by atoms with E-state index < -0.39 is 0 Å². The summed E-state index contributed by atoms with van der Waals surface area (Å²) in [5.74, 6) is 0.771. The van der Waals surface area contributed by atoms with Crippen molar-refractivity contribution in [1.29, 1.82) is 0 Å². The number of aromatic nitrogens is 1. The van der Waals surface area contributed by atoms with Crippen molar-refractivity contribution < 1.29 is 19.2 Å². The number of hydrogen-bond acceptors (Lipinski definition) is 5. The Hall–Kier alpha value is -2.38. The summed E-state index contributed by atoms with van der Waals surface area (Å²) in [5, 5.41) is 13.0. The molecule has 0 aliphatic rings. The summed E-state index contributed by atoms with van der Waals surface area (Å²) in [4.78, 5) is 2.33. The minimum absolute atomic E-state index is 0.771. The van der Waals surface area contributed by atoms with Crippen molar-refractivity contribution in [1.82, 2.24) is 0 Å². The number of unbranched alkanes of at least 4 members (excludes halogenated alkanes) is 3. The van der Waals surface area contributed by atoms with Gasteiger partial charge in [-0.2, -0.15) is 4.57 Å². The van der Waals surface area contributed by atoms with E-state index in [2.05, 4.69) is 106 Å². The summed E-state index contributed by atoms with van der Waals surface area (Å²) in [6, 6.07) is 19.5. The summed E-state index contributed by atoms with van der Waals surface area (Å²) in [6.07, 6.45) is 12.3. The summed E-state index contributed by atoms with van der Waals surface area (Å²) in [6.45, 7) is 4.27. The van der Waals surface area contributed by atoms with Gasteiger partial charge in [0.25, 0.3) is 0 Å². The van der Waals surface area contributed by atoms with Gasteiger partial charge in [-0.05, 0) is 42.2 Å². The van der Waals surface area contributed by atoms with E-state index in [1.165, 1.54) is 47.0 Å². The van der Waals surface area contributed by atoms with Gasteiger partial charge in [0, 0.05) is 55.6 Å². The van der Waals surface area contributed by atoms with Gasteiger partial charge in [0.15, 0.2) is 6.20 Å². The van der Waals surface area contributed by atoms with Gasteiger partial charge in [0.1, 0.15) is 6.54 Å². The van der Waals surface area contributed by atoms with Crippen molar-refractivity contribution in [3.63, 3.8) is 0 Å². The summed E-state index contributed by atoms with van der Waals surface area (Å²) >= 11 is 1.11. The van der Waals surface area contributed by atoms with Gasteiger partial charge in [-0.15, -0.1) is 4.33 Å². The van der Waals surface area contributed by atoms with Crippen LogP contribution in [0, 0.1) is 0 Å². The van der Waals surface area contributed by atoms with Crippen LogP contribution >= 0.6 is 12.0 Å². The van der Waals surface area contributed by atoms with Crippen molar-refractivity contribution in [3.8, 4) is 0 Å². The number of aryl methyl sites for hydroxylation is 1. The maximum Gasteiger partial charge on any atom is 0.213 e. The second-order valence-corrected chi connectivity index (χ2v) is 8.99. The van der Waals surface area contributed by atoms with E-state index in [0.29, 0.717) is 0 Å². The molecule has 0 unspecified atom stereocenters. The monoisotopic (exact) mass is 467 g/mol. The Balaban J connectivity index is 1.65. The minimum Gasteiger partial charge on any atom is -0.375 e. The van der Waals surface area contributed by atoms with E-state index in [1.807, 2.05) is 0 Å². The summed E-state index contributed by atoms with van der Waals surface area (Å²) < 4.78 is 6.72. The Morgan fingerprint density at radius 2 is 1.79 bits per heavy atom. The molecule has 0 saturated carbocycles. The van der Waals surface area contributed by atoms with Crippen LogP contribution in [0.1, 0.15) is 50.2 Å². The number of nitrogens with zero attached hydrogens (tertiary/aromatic N) is 2. The molecule has 0 radical (unpaired) electrons. The van der Waals surface area contributed by atoms with E-state index in [9.17, 15) is 0 Å². The highest BCUT2D eigenvalue weighted by Gasteiger charge is 2.10. The van der Waals surface area contributed by atoms with Crippen LogP contribution in [0.3, 0.4) is 0 Å². The van der Waals surface area contributed by atoms with Crippen molar-refractivity contribution in [3.05, 3.63) is 71.9 Å². The third-order valence-corrected chi connectivity index (χ3v) is 6.41. The third kappa shape index (κ3) is 7.86. The van der Waals surface area contributed by atoms with Crippen LogP contribution in [-0.4, -0.2) is 24.6 Å². The molecule has 0 spiro atoms. The fourth-order valence-electron chi connectivity index (χ4n) is 3.90.